The van der Waals surface area contributed by atoms with E-state index in [0.717, 1.165) is 5.69 Å². The van der Waals surface area contributed by atoms with Crippen molar-refractivity contribution >= 4 is 17.3 Å². The lowest BCUT2D eigenvalue weighted by atomic mass is 10.1. The molecule has 0 unspecified atom stereocenters. The standard InChI is InChI=1S/C14H14N2O/c1-2-13(17)12-9-6-10-15-14(12)16-11-7-4-3-5-8-11/h3-10H,2H2,1H3,(H,15,16). The fourth-order valence-electron chi connectivity index (χ4n) is 1.58. The zero-order valence-electron chi connectivity index (χ0n) is 9.68. The van der Waals surface area contributed by atoms with Gasteiger partial charge in [-0.1, -0.05) is 25.1 Å². The first-order chi connectivity index (χ1) is 8.31. The van der Waals surface area contributed by atoms with Gasteiger partial charge in [0.05, 0.1) is 5.56 Å². The average molecular weight is 226 g/mol. The molecule has 0 atom stereocenters. The molecule has 0 fully saturated rings. The number of para-hydroxylation sites is 1. The Morgan fingerprint density at radius 2 is 1.94 bits per heavy atom. The maximum absolute atomic E-state index is 11.7. The Morgan fingerprint density at radius 3 is 2.65 bits per heavy atom. The van der Waals surface area contributed by atoms with Crippen LogP contribution < -0.4 is 5.32 Å². The zero-order chi connectivity index (χ0) is 12.1. The third-order valence-electron chi connectivity index (χ3n) is 2.47. The van der Waals surface area contributed by atoms with Gasteiger partial charge in [0.25, 0.3) is 0 Å². The predicted octanol–water partition coefficient (Wildman–Crippen LogP) is 3.42. The Balaban J connectivity index is 2.30. The zero-order valence-corrected chi connectivity index (χ0v) is 9.68. The van der Waals surface area contributed by atoms with Crippen molar-refractivity contribution in [1.82, 2.24) is 4.98 Å². The number of pyridine rings is 1. The highest BCUT2D eigenvalue weighted by Crippen LogP contribution is 2.19. The molecule has 0 aliphatic heterocycles. The third kappa shape index (κ3) is 2.69. The summed E-state index contributed by atoms with van der Waals surface area (Å²) >= 11 is 0. The summed E-state index contributed by atoms with van der Waals surface area (Å²) in [4.78, 5) is 16.0. The quantitative estimate of drug-likeness (QED) is 0.812. The van der Waals surface area contributed by atoms with Crippen LogP contribution in [-0.2, 0) is 0 Å². The first-order valence-corrected chi connectivity index (χ1v) is 5.61. The highest BCUT2D eigenvalue weighted by atomic mass is 16.1. The second kappa shape index (κ2) is 5.25. The summed E-state index contributed by atoms with van der Waals surface area (Å²) in [6.07, 6.45) is 2.16. The Labute approximate surface area is 101 Å². The molecular formula is C14H14N2O. The Morgan fingerprint density at radius 1 is 1.18 bits per heavy atom. The molecule has 0 amide bonds. The molecule has 0 saturated carbocycles. The largest absolute Gasteiger partial charge is 0.340 e. The Kier molecular flexibility index (Phi) is 3.50. The minimum absolute atomic E-state index is 0.0940. The second-order valence-corrected chi connectivity index (χ2v) is 3.67. The van der Waals surface area contributed by atoms with Gasteiger partial charge in [-0.25, -0.2) is 4.98 Å². The highest BCUT2D eigenvalue weighted by Gasteiger charge is 2.09. The Bertz CT molecular complexity index is 509. The van der Waals surface area contributed by atoms with E-state index >= 15 is 0 Å². The van der Waals surface area contributed by atoms with Gasteiger partial charge in [0.2, 0.25) is 0 Å². The number of benzene rings is 1. The van der Waals surface area contributed by atoms with E-state index in [2.05, 4.69) is 10.3 Å². The van der Waals surface area contributed by atoms with E-state index in [1.54, 1.807) is 18.3 Å². The number of aromatic nitrogens is 1. The van der Waals surface area contributed by atoms with Crippen LogP contribution in [0.3, 0.4) is 0 Å². The summed E-state index contributed by atoms with van der Waals surface area (Å²) in [5.74, 6) is 0.710. The minimum Gasteiger partial charge on any atom is -0.340 e. The minimum atomic E-state index is 0.0940. The van der Waals surface area contributed by atoms with Crippen LogP contribution in [-0.4, -0.2) is 10.8 Å². The van der Waals surface area contributed by atoms with Crippen molar-refractivity contribution in [2.75, 3.05) is 5.32 Å². The molecule has 1 aromatic heterocycles. The number of hydrogen-bond acceptors (Lipinski definition) is 3. The lowest BCUT2D eigenvalue weighted by Gasteiger charge is -2.09. The van der Waals surface area contributed by atoms with Crippen LogP contribution in [0.4, 0.5) is 11.5 Å². The van der Waals surface area contributed by atoms with Gasteiger partial charge in [-0.15, -0.1) is 0 Å². The van der Waals surface area contributed by atoms with Crippen molar-refractivity contribution in [3.05, 3.63) is 54.2 Å². The van der Waals surface area contributed by atoms with E-state index in [-0.39, 0.29) is 5.78 Å². The number of hydrogen-bond donors (Lipinski definition) is 1. The summed E-state index contributed by atoms with van der Waals surface area (Å²) in [5, 5.41) is 3.16. The molecule has 0 aliphatic carbocycles. The van der Waals surface area contributed by atoms with Gasteiger partial charge in [-0.05, 0) is 24.3 Å². The van der Waals surface area contributed by atoms with Crippen molar-refractivity contribution in [2.45, 2.75) is 13.3 Å². The summed E-state index contributed by atoms with van der Waals surface area (Å²) in [5.41, 5.74) is 1.57. The van der Waals surface area contributed by atoms with Crippen molar-refractivity contribution in [1.29, 1.82) is 0 Å². The van der Waals surface area contributed by atoms with Gasteiger partial charge >= 0.3 is 0 Å². The van der Waals surface area contributed by atoms with Crippen LogP contribution in [0, 0.1) is 0 Å². The maximum atomic E-state index is 11.7. The topological polar surface area (TPSA) is 42.0 Å². The van der Waals surface area contributed by atoms with E-state index in [1.165, 1.54) is 0 Å². The van der Waals surface area contributed by atoms with Crippen molar-refractivity contribution in [3.63, 3.8) is 0 Å². The molecule has 1 N–H and O–H groups in total. The third-order valence-corrected chi connectivity index (χ3v) is 2.47. The lowest BCUT2D eigenvalue weighted by Crippen LogP contribution is -2.04. The van der Waals surface area contributed by atoms with E-state index in [1.807, 2.05) is 37.3 Å². The van der Waals surface area contributed by atoms with E-state index < -0.39 is 0 Å². The van der Waals surface area contributed by atoms with Crippen LogP contribution in [0.1, 0.15) is 23.7 Å². The first-order valence-electron chi connectivity index (χ1n) is 5.61. The fourth-order valence-corrected chi connectivity index (χ4v) is 1.58. The van der Waals surface area contributed by atoms with Gasteiger partial charge in [-0.3, -0.25) is 4.79 Å². The molecule has 17 heavy (non-hydrogen) atoms. The summed E-state index contributed by atoms with van der Waals surface area (Å²) in [6.45, 7) is 1.85. The normalized spacial score (nSPS) is 9.94. The molecule has 0 bridgehead atoms. The fraction of sp³-hybridized carbons (Fsp3) is 0.143. The number of nitrogens with one attached hydrogen (secondary N) is 1. The highest BCUT2D eigenvalue weighted by molar-refractivity contribution is 6.00. The number of anilines is 2. The molecule has 0 aliphatic rings. The predicted molar refractivity (Wildman–Crippen MR) is 68.6 cm³/mol. The van der Waals surface area contributed by atoms with Gasteiger partial charge in [-0.2, -0.15) is 0 Å². The lowest BCUT2D eigenvalue weighted by molar-refractivity contribution is 0.0988. The average Bonchev–Trinajstić information content (AvgIpc) is 2.40. The molecule has 86 valence electrons. The smallest absolute Gasteiger partial charge is 0.166 e. The van der Waals surface area contributed by atoms with Crippen LogP contribution in [0.25, 0.3) is 0 Å². The van der Waals surface area contributed by atoms with Crippen molar-refractivity contribution in [3.8, 4) is 0 Å². The number of carbonyl (C=O) groups excluding carboxylic acids is 1. The number of nitrogens with zero attached hydrogens (tertiary/aromatic N) is 1. The van der Waals surface area contributed by atoms with Crippen LogP contribution in [0.15, 0.2) is 48.7 Å². The maximum Gasteiger partial charge on any atom is 0.166 e. The van der Waals surface area contributed by atoms with E-state index in [9.17, 15) is 4.79 Å². The van der Waals surface area contributed by atoms with Crippen LogP contribution >= 0.6 is 0 Å². The molecular weight excluding hydrogens is 212 g/mol. The van der Waals surface area contributed by atoms with Gasteiger partial charge in [0.15, 0.2) is 5.78 Å². The summed E-state index contributed by atoms with van der Waals surface area (Å²) < 4.78 is 0. The second-order valence-electron chi connectivity index (χ2n) is 3.67. The number of rotatable bonds is 4. The molecule has 3 nitrogen and oxygen atoms in total. The SMILES string of the molecule is CCC(=O)c1cccnc1Nc1ccccc1. The van der Waals surface area contributed by atoms with Crippen LogP contribution in [0.2, 0.25) is 0 Å². The molecule has 1 heterocycles. The van der Waals surface area contributed by atoms with Gasteiger partial charge in [0.1, 0.15) is 5.82 Å². The van der Waals surface area contributed by atoms with E-state index in [4.69, 9.17) is 0 Å². The molecule has 0 saturated heterocycles. The van der Waals surface area contributed by atoms with Crippen molar-refractivity contribution in [2.24, 2.45) is 0 Å². The van der Waals surface area contributed by atoms with Gasteiger partial charge < -0.3 is 5.32 Å². The summed E-state index contributed by atoms with van der Waals surface area (Å²) in [7, 11) is 0. The first kappa shape index (κ1) is 11.3. The molecule has 1 aromatic carbocycles. The molecule has 0 radical (unpaired) electrons. The Hall–Kier alpha value is -2.16. The molecule has 2 rings (SSSR count). The molecule has 2 aromatic rings. The van der Waals surface area contributed by atoms with Crippen molar-refractivity contribution < 1.29 is 4.79 Å². The number of Topliss-reactive ketones (excluding diaryl/α,β-unsaturated/α-hetero) is 1. The molecule has 0 spiro atoms. The number of ketones is 1. The summed E-state index contributed by atoms with van der Waals surface area (Å²) in [6, 6.07) is 13.3. The number of carbonyl (C=O) groups is 1. The van der Waals surface area contributed by atoms with Crippen LogP contribution in [0.5, 0.6) is 0 Å². The van der Waals surface area contributed by atoms with Gasteiger partial charge in [0, 0.05) is 18.3 Å². The monoisotopic (exact) mass is 226 g/mol. The van der Waals surface area contributed by atoms with E-state index in [0.29, 0.717) is 17.8 Å². The molecule has 3 heteroatoms.